The number of rotatable bonds is 9. The quantitative estimate of drug-likeness (QED) is 0.610. The lowest BCUT2D eigenvalue weighted by molar-refractivity contribution is 0.417. The molecular formula is C11H26N2O2S. The smallest absolute Gasteiger partial charge is 0.212 e. The second kappa shape index (κ2) is 7.25. The van der Waals surface area contributed by atoms with Crippen molar-refractivity contribution in [1.82, 2.24) is 10.0 Å². The lowest BCUT2D eigenvalue weighted by atomic mass is 10.0. The van der Waals surface area contributed by atoms with E-state index in [0.717, 1.165) is 25.8 Å². The highest BCUT2D eigenvalue weighted by atomic mass is 32.2. The van der Waals surface area contributed by atoms with Gasteiger partial charge in [0.2, 0.25) is 10.0 Å². The minimum absolute atomic E-state index is 0.224. The van der Waals surface area contributed by atoms with Crippen LogP contribution in [0.4, 0.5) is 0 Å². The minimum atomic E-state index is -3.12. The predicted octanol–water partition coefficient (Wildman–Crippen LogP) is 1.48. The summed E-state index contributed by atoms with van der Waals surface area (Å²) in [7, 11) is -1.25. The fraction of sp³-hybridized carbons (Fsp3) is 1.00. The standard InChI is InChI=1S/C11H26N2O2S/c1-5-8-11(2,3)13-16(14,15)10-7-6-9-12-4/h12-13H,5-10H2,1-4H3. The average Bonchev–Trinajstić information content (AvgIpc) is 2.10. The van der Waals surface area contributed by atoms with Gasteiger partial charge in [-0.25, -0.2) is 13.1 Å². The molecular weight excluding hydrogens is 224 g/mol. The van der Waals surface area contributed by atoms with Crippen molar-refractivity contribution in [2.45, 2.75) is 52.0 Å². The van der Waals surface area contributed by atoms with Gasteiger partial charge in [0.1, 0.15) is 0 Å². The highest BCUT2D eigenvalue weighted by Gasteiger charge is 2.23. The second-order valence-corrected chi connectivity index (χ2v) is 6.71. The number of nitrogens with one attached hydrogen (secondary N) is 2. The molecule has 0 aromatic heterocycles. The second-order valence-electron chi connectivity index (χ2n) is 4.87. The fourth-order valence-electron chi connectivity index (χ4n) is 1.74. The van der Waals surface area contributed by atoms with Crippen molar-refractivity contribution in [2.24, 2.45) is 0 Å². The van der Waals surface area contributed by atoms with Gasteiger partial charge in [-0.05, 0) is 46.7 Å². The van der Waals surface area contributed by atoms with E-state index in [4.69, 9.17) is 0 Å². The highest BCUT2D eigenvalue weighted by molar-refractivity contribution is 7.89. The molecule has 0 aromatic carbocycles. The first kappa shape index (κ1) is 15.9. The molecule has 5 heteroatoms. The summed E-state index contributed by atoms with van der Waals surface area (Å²) in [4.78, 5) is 0. The van der Waals surface area contributed by atoms with Crippen molar-refractivity contribution < 1.29 is 8.42 Å². The maximum Gasteiger partial charge on any atom is 0.212 e. The van der Waals surface area contributed by atoms with Gasteiger partial charge in [-0.2, -0.15) is 0 Å². The van der Waals surface area contributed by atoms with E-state index in [1.165, 1.54) is 0 Å². The number of sulfonamides is 1. The van der Waals surface area contributed by atoms with Crippen LogP contribution in [-0.2, 0) is 10.0 Å². The first-order valence-corrected chi connectivity index (χ1v) is 7.64. The normalized spacial score (nSPS) is 13.0. The third-order valence-electron chi connectivity index (χ3n) is 2.40. The largest absolute Gasteiger partial charge is 0.320 e. The summed E-state index contributed by atoms with van der Waals surface area (Å²) in [5.74, 6) is 0.224. The Hall–Kier alpha value is -0.130. The summed E-state index contributed by atoms with van der Waals surface area (Å²) < 4.78 is 26.3. The van der Waals surface area contributed by atoms with E-state index in [2.05, 4.69) is 17.0 Å². The third-order valence-corrected chi connectivity index (χ3v) is 4.09. The van der Waals surface area contributed by atoms with Gasteiger partial charge >= 0.3 is 0 Å². The molecule has 0 aliphatic carbocycles. The summed E-state index contributed by atoms with van der Waals surface area (Å²) in [6.45, 7) is 6.79. The van der Waals surface area contributed by atoms with Crippen LogP contribution in [0.3, 0.4) is 0 Å². The molecule has 98 valence electrons. The van der Waals surface area contributed by atoms with E-state index >= 15 is 0 Å². The molecule has 0 bridgehead atoms. The predicted molar refractivity (Wildman–Crippen MR) is 69.1 cm³/mol. The average molecular weight is 250 g/mol. The molecule has 0 saturated heterocycles. The Morgan fingerprint density at radius 3 is 2.31 bits per heavy atom. The molecule has 0 heterocycles. The van der Waals surface area contributed by atoms with E-state index in [9.17, 15) is 8.42 Å². The molecule has 0 atom stereocenters. The van der Waals surface area contributed by atoms with E-state index in [0.29, 0.717) is 6.42 Å². The summed E-state index contributed by atoms with van der Waals surface area (Å²) in [6, 6.07) is 0. The first-order chi connectivity index (χ1) is 7.33. The lowest BCUT2D eigenvalue weighted by Gasteiger charge is -2.25. The molecule has 0 aliphatic heterocycles. The summed E-state index contributed by atoms with van der Waals surface area (Å²) in [6.07, 6.45) is 3.45. The molecule has 0 aliphatic rings. The molecule has 16 heavy (non-hydrogen) atoms. The summed E-state index contributed by atoms with van der Waals surface area (Å²) in [5, 5.41) is 3.01. The third kappa shape index (κ3) is 8.07. The maximum atomic E-state index is 11.8. The molecule has 4 nitrogen and oxygen atoms in total. The van der Waals surface area contributed by atoms with Crippen LogP contribution in [0.2, 0.25) is 0 Å². The van der Waals surface area contributed by atoms with E-state index in [1.54, 1.807) is 0 Å². The fourth-order valence-corrected chi connectivity index (χ4v) is 3.37. The van der Waals surface area contributed by atoms with Crippen LogP contribution in [-0.4, -0.2) is 33.3 Å². The summed E-state index contributed by atoms with van der Waals surface area (Å²) >= 11 is 0. The van der Waals surface area contributed by atoms with Crippen LogP contribution in [0.1, 0.15) is 46.5 Å². The van der Waals surface area contributed by atoms with Gasteiger partial charge in [-0.3, -0.25) is 0 Å². The van der Waals surface area contributed by atoms with Crippen molar-refractivity contribution in [3.8, 4) is 0 Å². The molecule has 0 aromatic rings. The van der Waals surface area contributed by atoms with Crippen LogP contribution >= 0.6 is 0 Å². The molecule has 0 spiro atoms. The van der Waals surface area contributed by atoms with Gasteiger partial charge in [0, 0.05) is 5.54 Å². The van der Waals surface area contributed by atoms with Crippen LogP contribution in [0.25, 0.3) is 0 Å². The number of unbranched alkanes of at least 4 members (excludes halogenated alkanes) is 1. The van der Waals surface area contributed by atoms with Gasteiger partial charge < -0.3 is 5.32 Å². The van der Waals surface area contributed by atoms with Crippen LogP contribution in [0, 0.1) is 0 Å². The van der Waals surface area contributed by atoms with E-state index in [1.807, 2.05) is 20.9 Å². The zero-order valence-corrected chi connectivity index (χ0v) is 11.8. The maximum absolute atomic E-state index is 11.8. The SMILES string of the molecule is CCCC(C)(C)NS(=O)(=O)CCCCNC. The first-order valence-electron chi connectivity index (χ1n) is 5.99. The van der Waals surface area contributed by atoms with Crippen molar-refractivity contribution in [3.05, 3.63) is 0 Å². The molecule has 0 amide bonds. The zero-order valence-electron chi connectivity index (χ0n) is 11.0. The van der Waals surface area contributed by atoms with Crippen LogP contribution in [0.5, 0.6) is 0 Å². The Morgan fingerprint density at radius 1 is 1.19 bits per heavy atom. The minimum Gasteiger partial charge on any atom is -0.320 e. The highest BCUT2D eigenvalue weighted by Crippen LogP contribution is 2.12. The van der Waals surface area contributed by atoms with Crippen molar-refractivity contribution in [1.29, 1.82) is 0 Å². The number of hydrogen-bond acceptors (Lipinski definition) is 3. The monoisotopic (exact) mass is 250 g/mol. The van der Waals surface area contributed by atoms with Crippen molar-refractivity contribution in [2.75, 3.05) is 19.3 Å². The molecule has 0 unspecified atom stereocenters. The lowest BCUT2D eigenvalue weighted by Crippen LogP contribution is -2.44. The Bertz CT molecular complexity index is 274. The van der Waals surface area contributed by atoms with E-state index < -0.39 is 10.0 Å². The van der Waals surface area contributed by atoms with Gasteiger partial charge in [0.25, 0.3) is 0 Å². The van der Waals surface area contributed by atoms with Crippen LogP contribution < -0.4 is 10.0 Å². The Kier molecular flexibility index (Phi) is 7.19. The molecule has 2 N–H and O–H groups in total. The van der Waals surface area contributed by atoms with Crippen molar-refractivity contribution in [3.63, 3.8) is 0 Å². The van der Waals surface area contributed by atoms with Crippen LogP contribution in [0.15, 0.2) is 0 Å². The molecule has 0 radical (unpaired) electrons. The van der Waals surface area contributed by atoms with Gasteiger partial charge in [-0.1, -0.05) is 13.3 Å². The Morgan fingerprint density at radius 2 is 1.81 bits per heavy atom. The number of hydrogen-bond donors (Lipinski definition) is 2. The van der Waals surface area contributed by atoms with E-state index in [-0.39, 0.29) is 11.3 Å². The zero-order chi connectivity index (χ0) is 12.7. The topological polar surface area (TPSA) is 58.2 Å². The molecule has 0 rings (SSSR count). The molecule has 0 fully saturated rings. The van der Waals surface area contributed by atoms with Gasteiger partial charge in [0.05, 0.1) is 5.75 Å². The van der Waals surface area contributed by atoms with Gasteiger partial charge in [0.15, 0.2) is 0 Å². The Balaban J connectivity index is 4.04. The Labute approximate surface area is 100 Å². The van der Waals surface area contributed by atoms with Crippen molar-refractivity contribution >= 4 is 10.0 Å². The van der Waals surface area contributed by atoms with Gasteiger partial charge in [-0.15, -0.1) is 0 Å². The molecule has 0 saturated carbocycles. The summed E-state index contributed by atoms with van der Waals surface area (Å²) in [5.41, 5.74) is -0.323.